The van der Waals surface area contributed by atoms with Gasteiger partial charge in [0.15, 0.2) is 17.5 Å². The third-order valence-electron chi connectivity index (χ3n) is 6.27. The average molecular weight is 503 g/mol. The summed E-state index contributed by atoms with van der Waals surface area (Å²) in [4.78, 5) is 0. The number of rotatable bonds is 8. The third kappa shape index (κ3) is 6.52. The minimum absolute atomic E-state index is 0.117. The first-order chi connectivity index (χ1) is 17.2. The minimum atomic E-state index is -3.86. The maximum atomic E-state index is 14.1. The van der Waals surface area contributed by atoms with Crippen LogP contribution < -0.4 is 4.74 Å². The quantitative estimate of drug-likeness (QED) is 0.227. The van der Waals surface area contributed by atoms with Crippen molar-refractivity contribution in [3.05, 3.63) is 95.3 Å². The number of alkyl halides is 2. The maximum Gasteiger partial charge on any atom is 0.419 e. The molecule has 2 atom stereocenters. The van der Waals surface area contributed by atoms with E-state index >= 15 is 0 Å². The first kappa shape index (κ1) is 25.9. The molecule has 0 N–H and O–H groups in total. The molecular weight excluding hydrogens is 475 g/mol. The fourth-order valence-electron chi connectivity index (χ4n) is 4.36. The summed E-state index contributed by atoms with van der Waals surface area (Å²) in [7, 11) is 0. The Morgan fingerprint density at radius 3 is 2.08 bits per heavy atom. The van der Waals surface area contributed by atoms with E-state index in [-0.39, 0.29) is 6.10 Å². The molecule has 0 saturated carbocycles. The Labute approximate surface area is 207 Å². The van der Waals surface area contributed by atoms with Gasteiger partial charge in [0.2, 0.25) is 0 Å². The molecule has 1 fully saturated rings. The molecule has 2 unspecified atom stereocenters. The normalized spacial score (nSPS) is 18.5. The Hall–Kier alpha value is -3.19. The lowest BCUT2D eigenvalue weighted by molar-refractivity contribution is -0.131. The van der Waals surface area contributed by atoms with Crippen LogP contribution in [0.4, 0.5) is 22.0 Å². The minimum Gasteiger partial charge on any atom is -0.429 e. The number of hydrogen-bond donors (Lipinski definition) is 0. The van der Waals surface area contributed by atoms with Crippen LogP contribution in [0.15, 0.2) is 66.7 Å². The van der Waals surface area contributed by atoms with Crippen molar-refractivity contribution in [1.29, 1.82) is 0 Å². The van der Waals surface area contributed by atoms with Crippen LogP contribution in [0, 0.1) is 23.4 Å². The second kappa shape index (κ2) is 11.2. The van der Waals surface area contributed by atoms with E-state index in [0.717, 1.165) is 35.8 Å². The first-order valence-electron chi connectivity index (χ1n) is 12.0. The zero-order valence-corrected chi connectivity index (χ0v) is 19.8. The van der Waals surface area contributed by atoms with E-state index in [9.17, 15) is 22.0 Å². The zero-order chi connectivity index (χ0) is 25.7. The second-order valence-corrected chi connectivity index (χ2v) is 9.00. The van der Waals surface area contributed by atoms with E-state index in [1.54, 1.807) is 12.1 Å². The summed E-state index contributed by atoms with van der Waals surface area (Å²) in [6.45, 7) is 3.00. The van der Waals surface area contributed by atoms with Gasteiger partial charge in [-0.1, -0.05) is 61.9 Å². The highest BCUT2D eigenvalue weighted by Crippen LogP contribution is 2.33. The summed E-state index contributed by atoms with van der Waals surface area (Å²) in [5, 5.41) is 0. The fraction of sp³-hybridized carbons (Fsp3) is 0.310. The lowest BCUT2D eigenvalue weighted by Crippen LogP contribution is -2.21. The summed E-state index contributed by atoms with van der Waals surface area (Å²) in [5.74, 6) is -5.14. The van der Waals surface area contributed by atoms with Crippen molar-refractivity contribution in [3.63, 3.8) is 0 Å². The Bertz CT molecular complexity index is 1160. The van der Waals surface area contributed by atoms with Crippen molar-refractivity contribution in [3.8, 4) is 16.9 Å². The molecule has 4 rings (SSSR count). The highest BCUT2D eigenvalue weighted by Gasteiger charge is 2.29. The van der Waals surface area contributed by atoms with Gasteiger partial charge in [0.05, 0.1) is 12.7 Å². The second-order valence-electron chi connectivity index (χ2n) is 9.00. The molecule has 0 radical (unpaired) electrons. The van der Waals surface area contributed by atoms with Crippen LogP contribution in [0.5, 0.6) is 5.75 Å². The SMILES string of the molecule is CCCC1CCC(c2ccc(-c3ccc(/C=C/C(F)(F)Oc4cc(F)c(F)c(F)c4)cc3)cc2)OC1. The van der Waals surface area contributed by atoms with Crippen molar-refractivity contribution >= 4 is 6.08 Å². The Balaban J connectivity index is 1.37. The van der Waals surface area contributed by atoms with E-state index in [1.807, 2.05) is 24.3 Å². The Morgan fingerprint density at radius 1 is 0.917 bits per heavy atom. The lowest BCUT2D eigenvalue weighted by Gasteiger charge is -2.29. The van der Waals surface area contributed by atoms with Gasteiger partial charge in [-0.15, -0.1) is 0 Å². The standard InChI is InChI=1S/C29H27F5O2/c1-2-3-20-6-13-27(35-18-20)23-11-9-22(10-12-23)21-7-4-19(5-8-21)14-15-29(33,34)36-24-16-25(30)28(32)26(31)17-24/h4-5,7-12,14-17,20,27H,2-3,6,13,18H2,1H3/b15-14+. The van der Waals surface area contributed by atoms with Gasteiger partial charge in [0.25, 0.3) is 0 Å². The molecule has 0 aromatic heterocycles. The van der Waals surface area contributed by atoms with Gasteiger partial charge < -0.3 is 9.47 Å². The molecule has 1 aliphatic heterocycles. The summed E-state index contributed by atoms with van der Waals surface area (Å²) in [5.41, 5.74) is 3.54. The monoisotopic (exact) mass is 502 g/mol. The topological polar surface area (TPSA) is 18.5 Å². The summed E-state index contributed by atoms with van der Waals surface area (Å²) < 4.78 is 78.1. The number of benzene rings is 3. The van der Waals surface area contributed by atoms with Crippen molar-refractivity contribution < 1.29 is 31.4 Å². The van der Waals surface area contributed by atoms with E-state index in [1.165, 1.54) is 19.3 Å². The van der Waals surface area contributed by atoms with Crippen molar-refractivity contribution in [2.24, 2.45) is 5.92 Å². The van der Waals surface area contributed by atoms with E-state index in [4.69, 9.17) is 4.74 Å². The maximum absolute atomic E-state index is 14.1. The van der Waals surface area contributed by atoms with Gasteiger partial charge >= 0.3 is 6.11 Å². The number of halogens is 5. The molecule has 3 aromatic rings. The first-order valence-corrected chi connectivity index (χ1v) is 12.0. The molecule has 1 aliphatic rings. The van der Waals surface area contributed by atoms with Gasteiger partial charge in [-0.25, -0.2) is 13.2 Å². The molecule has 0 amide bonds. The average Bonchev–Trinajstić information content (AvgIpc) is 2.87. The van der Waals surface area contributed by atoms with Crippen LogP contribution in [-0.2, 0) is 4.74 Å². The van der Waals surface area contributed by atoms with Crippen LogP contribution >= 0.6 is 0 Å². The molecule has 0 aliphatic carbocycles. The van der Waals surface area contributed by atoms with Crippen LogP contribution in [0.3, 0.4) is 0 Å². The Morgan fingerprint density at radius 2 is 1.53 bits per heavy atom. The van der Waals surface area contributed by atoms with Gasteiger partial charge in [0.1, 0.15) is 5.75 Å². The van der Waals surface area contributed by atoms with Crippen LogP contribution in [0.2, 0.25) is 0 Å². The van der Waals surface area contributed by atoms with E-state index < -0.39 is 29.3 Å². The predicted octanol–water partition coefficient (Wildman–Crippen LogP) is 8.72. The van der Waals surface area contributed by atoms with Crippen LogP contribution in [-0.4, -0.2) is 12.7 Å². The van der Waals surface area contributed by atoms with Crippen LogP contribution in [0.1, 0.15) is 49.8 Å². The molecule has 0 bridgehead atoms. The molecule has 36 heavy (non-hydrogen) atoms. The largest absolute Gasteiger partial charge is 0.429 e. The van der Waals surface area contributed by atoms with Crippen molar-refractivity contribution in [2.75, 3.05) is 6.61 Å². The number of hydrogen-bond acceptors (Lipinski definition) is 2. The zero-order valence-electron chi connectivity index (χ0n) is 19.8. The van der Waals surface area contributed by atoms with E-state index in [2.05, 4.69) is 23.8 Å². The summed E-state index contributed by atoms with van der Waals surface area (Å²) in [6.07, 6.45) is 2.43. The van der Waals surface area contributed by atoms with Gasteiger partial charge in [-0.2, -0.15) is 8.78 Å². The molecule has 2 nitrogen and oxygen atoms in total. The summed E-state index contributed by atoms with van der Waals surface area (Å²) >= 11 is 0. The van der Waals surface area contributed by atoms with E-state index in [0.29, 0.717) is 29.7 Å². The summed E-state index contributed by atoms with van der Waals surface area (Å²) in [6, 6.07) is 15.9. The van der Waals surface area contributed by atoms with Gasteiger partial charge in [0, 0.05) is 18.2 Å². The molecule has 1 saturated heterocycles. The highest BCUT2D eigenvalue weighted by molar-refractivity contribution is 5.66. The highest BCUT2D eigenvalue weighted by atomic mass is 19.3. The Kier molecular flexibility index (Phi) is 8.09. The van der Waals surface area contributed by atoms with Crippen molar-refractivity contribution in [2.45, 2.75) is 44.8 Å². The van der Waals surface area contributed by atoms with Crippen LogP contribution in [0.25, 0.3) is 17.2 Å². The molecule has 1 heterocycles. The third-order valence-corrected chi connectivity index (χ3v) is 6.27. The molecule has 0 spiro atoms. The lowest BCUT2D eigenvalue weighted by atomic mass is 9.91. The smallest absolute Gasteiger partial charge is 0.419 e. The molecule has 7 heteroatoms. The predicted molar refractivity (Wildman–Crippen MR) is 129 cm³/mol. The number of ether oxygens (including phenoxy) is 2. The molecule has 3 aromatic carbocycles. The molecular formula is C29H27F5O2. The van der Waals surface area contributed by atoms with Crippen molar-refractivity contribution in [1.82, 2.24) is 0 Å². The van der Waals surface area contributed by atoms with Gasteiger partial charge in [-0.3, -0.25) is 0 Å². The molecule has 190 valence electrons. The fourth-order valence-corrected chi connectivity index (χ4v) is 4.36. The van der Waals surface area contributed by atoms with Gasteiger partial charge in [-0.05, 0) is 53.5 Å².